The van der Waals surface area contributed by atoms with Crippen molar-refractivity contribution in [3.05, 3.63) is 65.2 Å². The summed E-state index contributed by atoms with van der Waals surface area (Å²) in [6.07, 6.45) is 0.336. The lowest BCUT2D eigenvalue weighted by Gasteiger charge is -2.11. The van der Waals surface area contributed by atoms with Crippen molar-refractivity contribution >= 4 is 5.91 Å². The van der Waals surface area contributed by atoms with Gasteiger partial charge in [-0.05, 0) is 17.2 Å². The normalized spacial score (nSPS) is 10.2. The number of carbonyl (C=O) groups is 1. The summed E-state index contributed by atoms with van der Waals surface area (Å²) in [5.41, 5.74) is 8.61. The highest BCUT2D eigenvalue weighted by Gasteiger charge is 2.08. The number of hydrogen-bond acceptors (Lipinski definition) is 3. The molecule has 0 spiro atoms. The summed E-state index contributed by atoms with van der Waals surface area (Å²) in [7, 11) is 1.62. The first kappa shape index (κ1) is 15.1. The second-order valence-corrected chi connectivity index (χ2v) is 4.74. The number of nitrogens with two attached hydrogens (primary N) is 1. The van der Waals surface area contributed by atoms with Crippen molar-refractivity contribution in [2.45, 2.75) is 19.5 Å². The van der Waals surface area contributed by atoms with Gasteiger partial charge in [0.15, 0.2) is 0 Å². The van der Waals surface area contributed by atoms with Gasteiger partial charge in [0.1, 0.15) is 5.75 Å². The van der Waals surface area contributed by atoms with E-state index in [2.05, 4.69) is 5.32 Å². The highest BCUT2D eigenvalue weighted by molar-refractivity contribution is 5.79. The number of amides is 1. The average Bonchev–Trinajstić information content (AvgIpc) is 2.53. The van der Waals surface area contributed by atoms with E-state index in [-0.39, 0.29) is 5.91 Å². The van der Waals surface area contributed by atoms with Gasteiger partial charge in [-0.25, -0.2) is 0 Å². The van der Waals surface area contributed by atoms with Crippen molar-refractivity contribution in [1.82, 2.24) is 5.32 Å². The van der Waals surface area contributed by atoms with E-state index in [1.54, 1.807) is 7.11 Å². The zero-order chi connectivity index (χ0) is 15.1. The minimum atomic E-state index is -0.0261. The predicted molar refractivity (Wildman–Crippen MR) is 82.9 cm³/mol. The van der Waals surface area contributed by atoms with Gasteiger partial charge in [-0.1, -0.05) is 42.5 Å². The number of para-hydroxylation sites is 1. The minimum Gasteiger partial charge on any atom is -0.496 e. The average molecular weight is 284 g/mol. The maximum atomic E-state index is 12.1. The smallest absolute Gasteiger partial charge is 0.224 e. The fourth-order valence-corrected chi connectivity index (χ4v) is 2.21. The third kappa shape index (κ3) is 4.07. The molecule has 0 unspecified atom stereocenters. The number of benzene rings is 2. The Morgan fingerprint density at radius 2 is 1.67 bits per heavy atom. The molecule has 0 atom stereocenters. The van der Waals surface area contributed by atoms with Crippen molar-refractivity contribution in [3.63, 3.8) is 0 Å². The van der Waals surface area contributed by atoms with E-state index in [0.29, 0.717) is 19.5 Å². The molecule has 0 heterocycles. The second-order valence-electron chi connectivity index (χ2n) is 4.74. The van der Waals surface area contributed by atoms with Crippen LogP contribution in [0.5, 0.6) is 5.75 Å². The standard InChI is InChI=1S/C17H20N2O2/c1-21-16-9-5-4-8-15(16)12-19-17(20)10-13-6-2-3-7-14(13)11-18/h2-9H,10-12,18H2,1H3,(H,19,20). The molecule has 0 saturated carbocycles. The number of nitrogens with one attached hydrogen (secondary N) is 1. The van der Waals surface area contributed by atoms with Gasteiger partial charge >= 0.3 is 0 Å². The van der Waals surface area contributed by atoms with Gasteiger partial charge in [0.05, 0.1) is 13.5 Å². The molecule has 0 saturated heterocycles. The summed E-state index contributed by atoms with van der Waals surface area (Å²) in [6.45, 7) is 0.892. The van der Waals surface area contributed by atoms with E-state index in [1.165, 1.54) is 0 Å². The zero-order valence-electron chi connectivity index (χ0n) is 12.1. The molecule has 1 amide bonds. The zero-order valence-corrected chi connectivity index (χ0v) is 12.1. The first-order chi connectivity index (χ1) is 10.2. The lowest BCUT2D eigenvalue weighted by atomic mass is 10.0. The number of rotatable bonds is 6. The van der Waals surface area contributed by atoms with Crippen LogP contribution in [0.25, 0.3) is 0 Å². The van der Waals surface area contributed by atoms with Crippen molar-refractivity contribution in [2.75, 3.05) is 7.11 Å². The van der Waals surface area contributed by atoms with Crippen LogP contribution in [0.4, 0.5) is 0 Å². The van der Waals surface area contributed by atoms with Gasteiger partial charge in [-0.3, -0.25) is 4.79 Å². The Hall–Kier alpha value is -2.33. The molecule has 4 nitrogen and oxygen atoms in total. The van der Waals surface area contributed by atoms with Gasteiger partial charge in [-0.2, -0.15) is 0 Å². The molecule has 2 rings (SSSR count). The van der Waals surface area contributed by atoms with Crippen LogP contribution < -0.4 is 15.8 Å². The minimum absolute atomic E-state index is 0.0261. The lowest BCUT2D eigenvalue weighted by Crippen LogP contribution is -2.25. The molecule has 0 bridgehead atoms. The van der Waals surface area contributed by atoms with Gasteiger partial charge in [0.25, 0.3) is 0 Å². The van der Waals surface area contributed by atoms with Gasteiger partial charge < -0.3 is 15.8 Å². The van der Waals surface area contributed by atoms with E-state index in [1.807, 2.05) is 48.5 Å². The Balaban J connectivity index is 1.96. The summed E-state index contributed by atoms with van der Waals surface area (Å²) in [5.74, 6) is 0.752. The Kier molecular flexibility index (Phi) is 5.35. The first-order valence-corrected chi connectivity index (χ1v) is 6.90. The maximum Gasteiger partial charge on any atom is 0.224 e. The van der Waals surface area contributed by atoms with Gasteiger partial charge in [-0.15, -0.1) is 0 Å². The number of ether oxygens (including phenoxy) is 1. The Labute approximate surface area is 124 Å². The highest BCUT2D eigenvalue weighted by Crippen LogP contribution is 2.16. The summed E-state index contributed by atoms with van der Waals surface area (Å²) < 4.78 is 5.26. The number of carbonyl (C=O) groups excluding carboxylic acids is 1. The van der Waals surface area contributed by atoms with Crippen LogP contribution in [-0.2, 0) is 24.3 Å². The fourth-order valence-electron chi connectivity index (χ4n) is 2.21. The first-order valence-electron chi connectivity index (χ1n) is 6.90. The van der Waals surface area contributed by atoms with Gasteiger partial charge in [0, 0.05) is 18.7 Å². The summed E-state index contributed by atoms with van der Waals surface area (Å²) in [5, 5.41) is 2.91. The molecule has 0 aliphatic carbocycles. The SMILES string of the molecule is COc1ccccc1CNC(=O)Cc1ccccc1CN. The van der Waals surface area contributed by atoms with Crippen LogP contribution in [0.3, 0.4) is 0 Å². The van der Waals surface area contributed by atoms with E-state index < -0.39 is 0 Å². The van der Waals surface area contributed by atoms with E-state index in [4.69, 9.17) is 10.5 Å². The van der Waals surface area contributed by atoms with Gasteiger partial charge in [0.2, 0.25) is 5.91 Å². The van der Waals surface area contributed by atoms with Crippen LogP contribution in [0.1, 0.15) is 16.7 Å². The van der Waals surface area contributed by atoms with E-state index >= 15 is 0 Å². The molecule has 21 heavy (non-hydrogen) atoms. The van der Waals surface area contributed by atoms with Crippen molar-refractivity contribution in [2.24, 2.45) is 5.73 Å². The molecule has 0 fully saturated rings. The van der Waals surface area contributed by atoms with Crippen LogP contribution >= 0.6 is 0 Å². The number of hydrogen-bond donors (Lipinski definition) is 2. The second kappa shape index (κ2) is 7.45. The molecule has 2 aromatic carbocycles. The number of methoxy groups -OCH3 is 1. The van der Waals surface area contributed by atoms with Crippen molar-refractivity contribution < 1.29 is 9.53 Å². The van der Waals surface area contributed by atoms with E-state index in [0.717, 1.165) is 22.4 Å². The molecule has 0 radical (unpaired) electrons. The largest absolute Gasteiger partial charge is 0.496 e. The Morgan fingerprint density at radius 1 is 1.05 bits per heavy atom. The summed E-state index contributed by atoms with van der Waals surface area (Å²) in [4.78, 5) is 12.1. The van der Waals surface area contributed by atoms with Crippen molar-refractivity contribution in [1.29, 1.82) is 0 Å². The lowest BCUT2D eigenvalue weighted by molar-refractivity contribution is -0.120. The molecule has 110 valence electrons. The monoisotopic (exact) mass is 284 g/mol. The summed E-state index contributed by atoms with van der Waals surface area (Å²) >= 11 is 0. The molecule has 0 aliphatic heterocycles. The van der Waals surface area contributed by atoms with Crippen LogP contribution in [0.15, 0.2) is 48.5 Å². The topological polar surface area (TPSA) is 64.3 Å². The highest BCUT2D eigenvalue weighted by atomic mass is 16.5. The maximum absolute atomic E-state index is 12.1. The van der Waals surface area contributed by atoms with Crippen molar-refractivity contribution in [3.8, 4) is 5.75 Å². The van der Waals surface area contributed by atoms with Crippen LogP contribution in [0.2, 0.25) is 0 Å². The molecule has 0 aromatic heterocycles. The fraction of sp³-hybridized carbons (Fsp3) is 0.235. The van der Waals surface area contributed by atoms with E-state index in [9.17, 15) is 4.79 Å². The quantitative estimate of drug-likeness (QED) is 0.853. The molecule has 2 aromatic rings. The van der Waals surface area contributed by atoms with Crippen LogP contribution in [0, 0.1) is 0 Å². The molecular formula is C17H20N2O2. The Bertz CT molecular complexity index is 611. The molecule has 3 N–H and O–H groups in total. The van der Waals surface area contributed by atoms with Crippen LogP contribution in [-0.4, -0.2) is 13.0 Å². The Morgan fingerprint density at radius 3 is 2.33 bits per heavy atom. The molecular weight excluding hydrogens is 264 g/mol. The molecule has 4 heteroatoms. The predicted octanol–water partition coefficient (Wildman–Crippen LogP) is 2.01. The third-order valence-corrected chi connectivity index (χ3v) is 3.36. The molecule has 0 aliphatic rings. The summed E-state index contributed by atoms with van der Waals surface area (Å²) in [6, 6.07) is 15.4. The third-order valence-electron chi connectivity index (χ3n) is 3.36.